The molecule has 1 saturated heterocycles. The van der Waals surface area contributed by atoms with Crippen LogP contribution in [0.3, 0.4) is 0 Å². The second-order valence-electron chi connectivity index (χ2n) is 6.37. The molecule has 0 spiro atoms. The van der Waals surface area contributed by atoms with Gasteiger partial charge in [0.05, 0.1) is 6.61 Å². The largest absolute Gasteiger partial charge is 0.493 e. The summed E-state index contributed by atoms with van der Waals surface area (Å²) in [6.45, 7) is 7.90. The second kappa shape index (κ2) is 7.28. The van der Waals surface area contributed by atoms with Gasteiger partial charge in [-0.15, -0.1) is 0 Å². The molecular formula is C18H28N2O. The van der Waals surface area contributed by atoms with Crippen LogP contribution in [-0.2, 0) is 0 Å². The first kappa shape index (κ1) is 14.9. The predicted octanol–water partition coefficient (Wildman–Crippen LogP) is 3.02. The maximum Gasteiger partial charge on any atom is 0.122 e. The highest BCUT2D eigenvalue weighted by Gasteiger charge is 2.27. The lowest BCUT2D eigenvalue weighted by molar-refractivity contribution is 0.143. The summed E-state index contributed by atoms with van der Waals surface area (Å²) in [6, 6.07) is 9.31. The average molecular weight is 288 g/mol. The van der Waals surface area contributed by atoms with Crippen LogP contribution in [0.2, 0.25) is 0 Å². The minimum absolute atomic E-state index is 0.628. The van der Waals surface area contributed by atoms with E-state index in [4.69, 9.17) is 4.74 Å². The van der Waals surface area contributed by atoms with Crippen molar-refractivity contribution in [2.75, 3.05) is 32.8 Å². The molecule has 2 unspecified atom stereocenters. The lowest BCUT2D eigenvalue weighted by Gasteiger charge is -2.38. The Morgan fingerprint density at radius 1 is 1.29 bits per heavy atom. The van der Waals surface area contributed by atoms with Crippen molar-refractivity contribution in [1.29, 1.82) is 0 Å². The summed E-state index contributed by atoms with van der Waals surface area (Å²) in [6.07, 6.45) is 5.05. The fraction of sp³-hybridized carbons (Fsp3) is 0.667. The second-order valence-corrected chi connectivity index (χ2v) is 6.37. The molecule has 3 rings (SSSR count). The van der Waals surface area contributed by atoms with Crippen LogP contribution in [0.4, 0.5) is 0 Å². The molecule has 2 atom stereocenters. The van der Waals surface area contributed by atoms with Gasteiger partial charge in [0, 0.05) is 25.0 Å². The number of nitrogens with zero attached hydrogens (tertiary/aromatic N) is 1. The molecular weight excluding hydrogens is 260 g/mol. The van der Waals surface area contributed by atoms with Gasteiger partial charge in [-0.3, -0.25) is 4.90 Å². The number of ether oxygens (including phenoxy) is 1. The fourth-order valence-electron chi connectivity index (χ4n) is 3.74. The molecule has 1 N–H and O–H groups in total. The Morgan fingerprint density at radius 2 is 2.19 bits per heavy atom. The van der Waals surface area contributed by atoms with E-state index in [9.17, 15) is 0 Å². The summed E-state index contributed by atoms with van der Waals surface area (Å²) < 4.78 is 5.81. The van der Waals surface area contributed by atoms with Gasteiger partial charge >= 0.3 is 0 Å². The molecule has 2 aliphatic rings. The summed E-state index contributed by atoms with van der Waals surface area (Å²) in [4.78, 5) is 2.72. The summed E-state index contributed by atoms with van der Waals surface area (Å²) in [7, 11) is 0. The molecule has 0 amide bonds. The summed E-state index contributed by atoms with van der Waals surface area (Å²) in [5.41, 5.74) is 1.41. The normalized spacial score (nSPS) is 25.4. The standard InChI is InChI=1S/C18H28N2O/c1-2-11-20(16-6-5-10-19-13-16)14-15-9-12-21-18-8-4-3-7-17(15)18/h3-4,7-8,15-16,19H,2,5-6,9-14H2,1H3. The predicted molar refractivity (Wildman–Crippen MR) is 87.1 cm³/mol. The Kier molecular flexibility index (Phi) is 5.15. The first-order valence-corrected chi connectivity index (χ1v) is 8.55. The average Bonchev–Trinajstić information content (AvgIpc) is 2.55. The van der Waals surface area contributed by atoms with E-state index in [1.54, 1.807) is 0 Å². The van der Waals surface area contributed by atoms with Crippen molar-refractivity contribution >= 4 is 0 Å². The van der Waals surface area contributed by atoms with E-state index in [-0.39, 0.29) is 0 Å². The van der Waals surface area contributed by atoms with Gasteiger partial charge in [-0.05, 0) is 50.4 Å². The number of hydrogen-bond acceptors (Lipinski definition) is 3. The van der Waals surface area contributed by atoms with E-state index in [1.165, 1.54) is 44.5 Å². The molecule has 2 heterocycles. The molecule has 0 aliphatic carbocycles. The molecule has 0 bridgehead atoms. The van der Waals surface area contributed by atoms with E-state index in [0.717, 1.165) is 25.3 Å². The van der Waals surface area contributed by atoms with Gasteiger partial charge in [-0.25, -0.2) is 0 Å². The van der Waals surface area contributed by atoms with Crippen LogP contribution < -0.4 is 10.1 Å². The van der Waals surface area contributed by atoms with Crippen molar-refractivity contribution in [1.82, 2.24) is 10.2 Å². The topological polar surface area (TPSA) is 24.5 Å². The van der Waals surface area contributed by atoms with Gasteiger partial charge in [0.2, 0.25) is 0 Å². The van der Waals surface area contributed by atoms with Gasteiger partial charge in [0.25, 0.3) is 0 Å². The molecule has 1 fully saturated rings. The Hall–Kier alpha value is -1.06. The molecule has 0 saturated carbocycles. The lowest BCUT2D eigenvalue weighted by atomic mass is 9.91. The Labute approximate surface area is 128 Å². The Balaban J connectivity index is 1.71. The number of benzene rings is 1. The molecule has 3 nitrogen and oxygen atoms in total. The highest BCUT2D eigenvalue weighted by atomic mass is 16.5. The fourth-order valence-corrected chi connectivity index (χ4v) is 3.74. The molecule has 116 valence electrons. The van der Waals surface area contributed by atoms with Crippen molar-refractivity contribution in [3.63, 3.8) is 0 Å². The molecule has 1 aromatic carbocycles. The third-order valence-electron chi connectivity index (χ3n) is 4.84. The number of fused-ring (bicyclic) bond motifs is 1. The van der Waals surface area contributed by atoms with Crippen molar-refractivity contribution in [2.24, 2.45) is 0 Å². The van der Waals surface area contributed by atoms with E-state index < -0.39 is 0 Å². The molecule has 21 heavy (non-hydrogen) atoms. The number of para-hydroxylation sites is 1. The van der Waals surface area contributed by atoms with Crippen LogP contribution in [0.1, 0.15) is 44.1 Å². The van der Waals surface area contributed by atoms with Crippen LogP contribution in [0, 0.1) is 0 Å². The van der Waals surface area contributed by atoms with Crippen LogP contribution in [0.25, 0.3) is 0 Å². The molecule has 1 aromatic rings. The number of nitrogens with one attached hydrogen (secondary N) is 1. The molecule has 0 radical (unpaired) electrons. The first-order chi connectivity index (χ1) is 10.4. The Bertz CT molecular complexity index is 443. The van der Waals surface area contributed by atoms with Gasteiger partial charge in [-0.1, -0.05) is 25.1 Å². The van der Waals surface area contributed by atoms with Crippen LogP contribution in [0.5, 0.6) is 5.75 Å². The molecule has 2 aliphatic heterocycles. The Morgan fingerprint density at radius 3 is 3.00 bits per heavy atom. The molecule has 0 aromatic heterocycles. The van der Waals surface area contributed by atoms with Crippen LogP contribution >= 0.6 is 0 Å². The van der Waals surface area contributed by atoms with Crippen molar-refractivity contribution in [2.45, 2.75) is 44.6 Å². The van der Waals surface area contributed by atoms with Gasteiger partial charge in [-0.2, -0.15) is 0 Å². The van der Waals surface area contributed by atoms with Gasteiger partial charge < -0.3 is 10.1 Å². The minimum Gasteiger partial charge on any atom is -0.493 e. The van der Waals surface area contributed by atoms with Crippen molar-refractivity contribution in [3.05, 3.63) is 29.8 Å². The first-order valence-electron chi connectivity index (χ1n) is 8.55. The maximum atomic E-state index is 5.81. The van der Waals surface area contributed by atoms with E-state index in [2.05, 4.69) is 41.4 Å². The van der Waals surface area contributed by atoms with E-state index in [1.807, 2.05) is 0 Å². The third-order valence-corrected chi connectivity index (χ3v) is 4.84. The maximum absolute atomic E-state index is 5.81. The van der Waals surface area contributed by atoms with E-state index in [0.29, 0.717) is 12.0 Å². The van der Waals surface area contributed by atoms with Gasteiger partial charge in [0.1, 0.15) is 5.75 Å². The van der Waals surface area contributed by atoms with Crippen molar-refractivity contribution in [3.8, 4) is 5.75 Å². The van der Waals surface area contributed by atoms with Crippen LogP contribution in [-0.4, -0.2) is 43.7 Å². The zero-order valence-corrected chi connectivity index (χ0v) is 13.2. The van der Waals surface area contributed by atoms with Crippen molar-refractivity contribution < 1.29 is 4.74 Å². The number of rotatable bonds is 5. The number of hydrogen-bond donors (Lipinski definition) is 1. The molecule has 3 heteroatoms. The lowest BCUT2D eigenvalue weighted by Crippen LogP contribution is -2.48. The number of piperidine rings is 1. The zero-order valence-electron chi connectivity index (χ0n) is 13.2. The van der Waals surface area contributed by atoms with E-state index >= 15 is 0 Å². The van der Waals surface area contributed by atoms with Crippen LogP contribution in [0.15, 0.2) is 24.3 Å². The quantitative estimate of drug-likeness (QED) is 0.901. The summed E-state index contributed by atoms with van der Waals surface area (Å²) in [5.74, 6) is 1.73. The van der Waals surface area contributed by atoms with Gasteiger partial charge in [0.15, 0.2) is 0 Å². The third kappa shape index (κ3) is 3.58. The highest BCUT2D eigenvalue weighted by Crippen LogP contribution is 2.34. The monoisotopic (exact) mass is 288 g/mol. The SMILES string of the molecule is CCCN(CC1CCOc2ccccc21)C1CCCNC1. The highest BCUT2D eigenvalue weighted by molar-refractivity contribution is 5.38. The summed E-state index contributed by atoms with van der Waals surface area (Å²) >= 11 is 0. The minimum atomic E-state index is 0.628. The smallest absolute Gasteiger partial charge is 0.122 e. The zero-order chi connectivity index (χ0) is 14.5. The summed E-state index contributed by atoms with van der Waals surface area (Å²) in [5, 5.41) is 3.56.